The van der Waals surface area contributed by atoms with Crippen molar-refractivity contribution < 1.29 is 28.2 Å². The topological polar surface area (TPSA) is 84.9 Å². The molecular formula is C20H23FN2O5. The highest BCUT2D eigenvalue weighted by Gasteiger charge is 2.68. The van der Waals surface area contributed by atoms with Gasteiger partial charge in [0.1, 0.15) is 0 Å². The molecule has 0 radical (unpaired) electrons. The molecule has 1 N–H and O–H groups in total. The largest absolute Gasteiger partial charge is 0.464 e. The number of nitrogens with one attached hydrogen (secondary N) is 1. The highest BCUT2D eigenvalue weighted by molar-refractivity contribution is 5.96. The van der Waals surface area contributed by atoms with E-state index in [2.05, 4.69) is 11.9 Å². The van der Waals surface area contributed by atoms with Crippen LogP contribution in [0.15, 0.2) is 36.9 Å². The molecule has 2 saturated heterocycles. The first-order valence-electron chi connectivity index (χ1n) is 9.07. The highest BCUT2D eigenvalue weighted by atomic mass is 19.1. The van der Waals surface area contributed by atoms with E-state index in [9.17, 15) is 14.4 Å². The van der Waals surface area contributed by atoms with Gasteiger partial charge in [-0.25, -0.2) is 9.18 Å². The summed E-state index contributed by atoms with van der Waals surface area (Å²) >= 11 is 0. The zero-order chi connectivity index (χ0) is 20.4. The van der Waals surface area contributed by atoms with Gasteiger partial charge in [0.15, 0.2) is 0 Å². The second-order valence-corrected chi connectivity index (χ2v) is 7.07. The zero-order valence-corrected chi connectivity index (χ0v) is 15.7. The van der Waals surface area contributed by atoms with Crippen LogP contribution in [0.5, 0.6) is 0 Å². The molecular weight excluding hydrogens is 367 g/mol. The maximum absolute atomic E-state index is 15.6. The molecule has 150 valence electrons. The number of esters is 1. The monoisotopic (exact) mass is 390 g/mol. The molecule has 28 heavy (non-hydrogen) atoms. The Morgan fingerprint density at radius 2 is 1.96 bits per heavy atom. The van der Waals surface area contributed by atoms with E-state index >= 15 is 4.39 Å². The van der Waals surface area contributed by atoms with Gasteiger partial charge >= 0.3 is 5.97 Å². The second-order valence-electron chi connectivity index (χ2n) is 7.07. The predicted molar refractivity (Wildman–Crippen MR) is 98.1 cm³/mol. The summed E-state index contributed by atoms with van der Waals surface area (Å²) in [5.41, 5.74) is -2.14. The van der Waals surface area contributed by atoms with E-state index in [4.69, 9.17) is 9.47 Å². The van der Waals surface area contributed by atoms with Gasteiger partial charge in [0, 0.05) is 18.7 Å². The quantitative estimate of drug-likeness (QED) is 0.583. The highest BCUT2D eigenvalue weighted by Crippen LogP contribution is 2.48. The van der Waals surface area contributed by atoms with E-state index in [0.717, 1.165) is 5.56 Å². The molecule has 2 fully saturated rings. The Kier molecular flexibility index (Phi) is 5.51. The van der Waals surface area contributed by atoms with Crippen molar-refractivity contribution in [1.82, 2.24) is 10.2 Å². The van der Waals surface area contributed by atoms with Crippen LogP contribution in [0, 0.1) is 5.41 Å². The number of hydrogen-bond donors (Lipinski definition) is 1. The van der Waals surface area contributed by atoms with Crippen LogP contribution in [0.25, 0.3) is 0 Å². The Morgan fingerprint density at radius 3 is 2.50 bits per heavy atom. The average molecular weight is 390 g/mol. The normalized spacial score (nSPS) is 22.4. The Morgan fingerprint density at radius 1 is 1.29 bits per heavy atom. The first kappa shape index (κ1) is 20.0. The van der Waals surface area contributed by atoms with Gasteiger partial charge in [-0.2, -0.15) is 0 Å². The molecule has 2 aliphatic rings. The third-order valence-electron chi connectivity index (χ3n) is 5.24. The molecule has 2 heterocycles. The minimum absolute atomic E-state index is 0.0687. The molecule has 1 unspecified atom stereocenters. The fourth-order valence-corrected chi connectivity index (χ4v) is 3.53. The Balaban J connectivity index is 1.72. The number of benzene rings is 1. The molecule has 2 aliphatic heterocycles. The number of carbonyl (C=O) groups excluding carboxylic acids is 3. The van der Waals surface area contributed by atoms with Crippen LogP contribution in [-0.4, -0.2) is 61.3 Å². The van der Waals surface area contributed by atoms with Crippen LogP contribution < -0.4 is 5.32 Å². The number of ether oxygens (including phenoxy) is 2. The molecule has 1 spiro atoms. The van der Waals surface area contributed by atoms with Gasteiger partial charge in [-0.15, -0.1) is 0 Å². The molecule has 0 aromatic heterocycles. The van der Waals surface area contributed by atoms with Gasteiger partial charge in [0.25, 0.3) is 5.91 Å². The fourth-order valence-electron chi connectivity index (χ4n) is 3.53. The van der Waals surface area contributed by atoms with E-state index in [1.165, 1.54) is 11.0 Å². The lowest BCUT2D eigenvalue weighted by atomic mass is 9.74. The van der Waals surface area contributed by atoms with Gasteiger partial charge in [-0.1, -0.05) is 18.7 Å². The Bertz CT molecular complexity index is 790. The van der Waals surface area contributed by atoms with Crippen LogP contribution in [-0.2, 0) is 25.6 Å². The molecule has 1 aromatic carbocycles. The van der Waals surface area contributed by atoms with E-state index in [-0.39, 0.29) is 44.7 Å². The fraction of sp³-hybridized carbons (Fsp3) is 0.450. The van der Waals surface area contributed by atoms with Gasteiger partial charge < -0.3 is 19.7 Å². The summed E-state index contributed by atoms with van der Waals surface area (Å²) in [6.45, 7) is 5.26. The standard InChI is InChI=1S/C20H23FN2O5/c1-3-16(24)22-9-14-5-7-15(8-6-14)17(25)23-10-19(12-27-13-19)20(21,11-23)18(26)28-4-2/h3,5-8H,1,4,9-13H2,2H3,(H,22,24). The summed E-state index contributed by atoms with van der Waals surface area (Å²) in [4.78, 5) is 37.7. The van der Waals surface area contributed by atoms with Crippen molar-refractivity contribution in [3.05, 3.63) is 48.0 Å². The van der Waals surface area contributed by atoms with Crippen molar-refractivity contribution in [1.29, 1.82) is 0 Å². The smallest absolute Gasteiger partial charge is 0.346 e. The van der Waals surface area contributed by atoms with Crippen LogP contribution in [0.2, 0.25) is 0 Å². The number of nitrogens with zero attached hydrogens (tertiary/aromatic N) is 1. The van der Waals surface area contributed by atoms with E-state index < -0.39 is 17.1 Å². The SMILES string of the molecule is C=CC(=O)NCc1ccc(C(=O)N2CC3(COC3)C(F)(C(=O)OCC)C2)cc1. The van der Waals surface area contributed by atoms with Gasteiger partial charge in [-0.3, -0.25) is 9.59 Å². The minimum atomic E-state index is -2.27. The van der Waals surface area contributed by atoms with Crippen molar-refractivity contribution in [2.24, 2.45) is 5.41 Å². The van der Waals surface area contributed by atoms with Crippen LogP contribution >= 0.6 is 0 Å². The number of amides is 2. The molecule has 8 heteroatoms. The lowest BCUT2D eigenvalue weighted by Crippen LogP contribution is -2.61. The molecule has 1 aromatic rings. The number of rotatable bonds is 6. The van der Waals surface area contributed by atoms with Crippen LogP contribution in [0.4, 0.5) is 4.39 Å². The third-order valence-corrected chi connectivity index (χ3v) is 5.24. The van der Waals surface area contributed by atoms with Crippen molar-refractivity contribution in [3.63, 3.8) is 0 Å². The van der Waals surface area contributed by atoms with Crippen molar-refractivity contribution in [3.8, 4) is 0 Å². The predicted octanol–water partition coefficient (Wildman–Crippen LogP) is 1.23. The summed E-state index contributed by atoms with van der Waals surface area (Å²) in [5, 5.41) is 2.65. The minimum Gasteiger partial charge on any atom is -0.464 e. The van der Waals surface area contributed by atoms with Crippen molar-refractivity contribution >= 4 is 17.8 Å². The second kappa shape index (κ2) is 7.71. The number of halogens is 1. The van der Waals surface area contributed by atoms with E-state index in [1.807, 2.05) is 0 Å². The number of hydrogen-bond acceptors (Lipinski definition) is 5. The maximum Gasteiger partial charge on any atom is 0.346 e. The lowest BCUT2D eigenvalue weighted by Gasteiger charge is -2.43. The summed E-state index contributed by atoms with van der Waals surface area (Å²) < 4.78 is 25.7. The van der Waals surface area contributed by atoms with Gasteiger partial charge in [0.2, 0.25) is 11.6 Å². The summed E-state index contributed by atoms with van der Waals surface area (Å²) in [6, 6.07) is 6.65. The van der Waals surface area contributed by atoms with Crippen LogP contribution in [0.1, 0.15) is 22.8 Å². The lowest BCUT2D eigenvalue weighted by molar-refractivity contribution is -0.196. The van der Waals surface area contributed by atoms with Gasteiger partial charge in [-0.05, 0) is 30.7 Å². The van der Waals surface area contributed by atoms with Crippen molar-refractivity contribution in [2.45, 2.75) is 19.1 Å². The molecule has 2 amide bonds. The zero-order valence-electron chi connectivity index (χ0n) is 15.7. The number of carbonyl (C=O) groups is 3. The van der Waals surface area contributed by atoms with E-state index in [1.54, 1.807) is 31.2 Å². The summed E-state index contributed by atoms with van der Waals surface area (Å²) in [5.74, 6) is -1.60. The number of alkyl halides is 1. The average Bonchev–Trinajstić information content (AvgIpc) is 3.01. The molecule has 3 rings (SSSR count). The van der Waals surface area contributed by atoms with Gasteiger partial charge in [0.05, 0.1) is 31.8 Å². The van der Waals surface area contributed by atoms with E-state index in [0.29, 0.717) is 12.1 Å². The Labute approximate surface area is 162 Å². The first-order valence-corrected chi connectivity index (χ1v) is 9.07. The third kappa shape index (κ3) is 3.40. The Hall–Kier alpha value is -2.74. The molecule has 0 bridgehead atoms. The summed E-state index contributed by atoms with van der Waals surface area (Å²) in [6.07, 6.45) is 1.18. The van der Waals surface area contributed by atoms with Crippen molar-refractivity contribution in [2.75, 3.05) is 32.9 Å². The van der Waals surface area contributed by atoms with Crippen LogP contribution in [0.3, 0.4) is 0 Å². The molecule has 1 atom stereocenters. The number of likely N-dealkylation sites (tertiary alicyclic amines) is 1. The summed E-state index contributed by atoms with van der Waals surface area (Å²) in [7, 11) is 0. The maximum atomic E-state index is 15.6. The first-order chi connectivity index (χ1) is 13.3. The molecule has 0 aliphatic carbocycles. The molecule has 0 saturated carbocycles. The molecule has 7 nitrogen and oxygen atoms in total.